The second kappa shape index (κ2) is 4.80. The van der Waals surface area contributed by atoms with E-state index in [1.165, 1.54) is 31.8 Å². The largest absolute Gasteiger partial charge is 0.454 e. The first kappa shape index (κ1) is 15.3. The van der Waals surface area contributed by atoms with Crippen molar-refractivity contribution in [2.75, 3.05) is 0 Å². The van der Waals surface area contributed by atoms with Gasteiger partial charge in [0.2, 0.25) is 4.83 Å². The number of aryl methyl sites for hydroxylation is 2. The van der Waals surface area contributed by atoms with Crippen molar-refractivity contribution in [1.82, 2.24) is 4.98 Å². The van der Waals surface area contributed by atoms with Crippen LogP contribution in [-0.4, -0.2) is 4.98 Å². The highest BCUT2D eigenvalue weighted by atomic mass is 32.1. The van der Waals surface area contributed by atoms with E-state index in [1.807, 2.05) is 6.33 Å². The fourth-order valence-corrected chi connectivity index (χ4v) is 5.71. The summed E-state index contributed by atoms with van der Waals surface area (Å²) in [4.78, 5) is 7.00. The molecule has 0 saturated carbocycles. The zero-order valence-electron chi connectivity index (χ0n) is 14.9. The van der Waals surface area contributed by atoms with E-state index >= 15 is 0 Å². The van der Waals surface area contributed by atoms with Gasteiger partial charge in [-0.25, -0.2) is 4.57 Å². The smallest absolute Gasteiger partial charge is 0.288 e. The van der Waals surface area contributed by atoms with Gasteiger partial charge in [0, 0.05) is 10.1 Å². The zero-order chi connectivity index (χ0) is 17.5. The maximum Gasteiger partial charge on any atom is 0.288 e. The number of ether oxygens (including phenoxy) is 1. The molecular formula is C20H19N2OS2+. The van der Waals surface area contributed by atoms with Gasteiger partial charge in [-0.2, -0.15) is 0 Å². The maximum atomic E-state index is 6.52. The minimum absolute atomic E-state index is 0.0239. The third kappa shape index (κ3) is 1.96. The van der Waals surface area contributed by atoms with Gasteiger partial charge >= 0.3 is 0 Å². The number of rotatable bonds is 0. The third-order valence-corrected chi connectivity index (χ3v) is 7.27. The molecule has 0 amide bonds. The van der Waals surface area contributed by atoms with Crippen LogP contribution in [0.3, 0.4) is 0 Å². The van der Waals surface area contributed by atoms with Crippen molar-refractivity contribution in [1.29, 1.82) is 0 Å². The first-order valence-corrected chi connectivity index (χ1v) is 10.1. The Morgan fingerprint density at radius 1 is 1.24 bits per heavy atom. The van der Waals surface area contributed by atoms with E-state index < -0.39 is 0 Å². The first-order valence-electron chi connectivity index (χ1n) is 8.37. The number of fused-ring (bicyclic) bond motifs is 3. The summed E-state index contributed by atoms with van der Waals surface area (Å²) in [6.45, 7) is 8.91. The number of benzene rings is 1. The standard InChI is InChI=1S/C20H19N2OS2/c1-10-11-6-7-24-13(11)8-12-14(10)16-15-17(23-12)18(20(2,3)4)25-19(15)21-9-22(16)5/h6-9H,1-5H3/q+1. The van der Waals surface area contributed by atoms with Crippen LogP contribution in [0.15, 0.2) is 23.8 Å². The summed E-state index contributed by atoms with van der Waals surface area (Å²) in [5, 5.41) is 4.62. The quantitative estimate of drug-likeness (QED) is 0.327. The minimum atomic E-state index is 0.0239. The van der Waals surface area contributed by atoms with Crippen LogP contribution in [0.1, 0.15) is 31.2 Å². The summed E-state index contributed by atoms with van der Waals surface area (Å²) in [6.07, 6.45) is 1.93. The molecule has 0 bridgehead atoms. The van der Waals surface area contributed by atoms with E-state index in [1.54, 1.807) is 22.7 Å². The minimum Gasteiger partial charge on any atom is -0.454 e. The summed E-state index contributed by atoms with van der Waals surface area (Å²) in [7, 11) is 2.08. The van der Waals surface area contributed by atoms with Crippen LogP contribution in [0.25, 0.3) is 31.6 Å². The zero-order valence-corrected chi connectivity index (χ0v) is 16.6. The molecule has 0 radical (unpaired) electrons. The highest BCUT2D eigenvalue weighted by molar-refractivity contribution is 7.19. The Labute approximate surface area is 154 Å². The van der Waals surface area contributed by atoms with Crippen LogP contribution in [0, 0.1) is 6.92 Å². The van der Waals surface area contributed by atoms with Crippen LogP contribution in [0.5, 0.6) is 11.5 Å². The molecule has 0 aliphatic carbocycles. The highest BCUT2D eigenvalue weighted by Crippen LogP contribution is 2.54. The van der Waals surface area contributed by atoms with E-state index in [4.69, 9.17) is 4.74 Å². The Morgan fingerprint density at radius 3 is 2.80 bits per heavy atom. The van der Waals surface area contributed by atoms with Gasteiger partial charge in [0.15, 0.2) is 11.4 Å². The fourth-order valence-electron chi connectivity index (χ4n) is 3.71. The Morgan fingerprint density at radius 2 is 2.04 bits per heavy atom. The van der Waals surface area contributed by atoms with Crippen molar-refractivity contribution in [2.45, 2.75) is 33.1 Å². The summed E-state index contributed by atoms with van der Waals surface area (Å²) in [5.74, 6) is 1.96. The van der Waals surface area contributed by atoms with Crippen molar-refractivity contribution >= 4 is 43.0 Å². The van der Waals surface area contributed by atoms with Gasteiger partial charge in [-0.3, -0.25) is 0 Å². The predicted molar refractivity (Wildman–Crippen MR) is 105 cm³/mol. The van der Waals surface area contributed by atoms with E-state index in [2.05, 4.69) is 61.8 Å². The molecule has 1 aliphatic heterocycles. The Balaban J connectivity index is 1.98. The molecular weight excluding hydrogens is 348 g/mol. The molecule has 4 heterocycles. The van der Waals surface area contributed by atoms with Crippen molar-refractivity contribution in [3.63, 3.8) is 0 Å². The average Bonchev–Trinajstić information content (AvgIpc) is 3.15. The lowest BCUT2D eigenvalue weighted by molar-refractivity contribution is -0.662. The molecule has 1 aliphatic rings. The number of aromatic nitrogens is 2. The molecule has 3 nitrogen and oxygen atoms in total. The normalized spacial score (nSPS) is 13.3. The number of nitrogens with zero attached hydrogens (tertiary/aromatic N) is 2. The highest BCUT2D eigenvalue weighted by Gasteiger charge is 2.36. The topological polar surface area (TPSA) is 26.0 Å². The summed E-state index contributed by atoms with van der Waals surface area (Å²) >= 11 is 3.52. The van der Waals surface area contributed by atoms with Gasteiger partial charge in [-0.1, -0.05) is 32.1 Å². The molecule has 25 heavy (non-hydrogen) atoms. The lowest BCUT2D eigenvalue weighted by Gasteiger charge is -2.23. The van der Waals surface area contributed by atoms with Crippen LogP contribution in [-0.2, 0) is 12.5 Å². The first-order chi connectivity index (χ1) is 11.9. The molecule has 0 fully saturated rings. The molecule has 1 aromatic carbocycles. The second-order valence-corrected chi connectivity index (χ2v) is 9.65. The molecule has 4 aromatic rings. The summed E-state index contributed by atoms with van der Waals surface area (Å²) in [5.41, 5.74) is 3.73. The van der Waals surface area contributed by atoms with Crippen molar-refractivity contribution in [3.05, 3.63) is 34.3 Å². The molecule has 0 unspecified atom stereocenters. The van der Waals surface area contributed by atoms with E-state index in [-0.39, 0.29) is 5.41 Å². The van der Waals surface area contributed by atoms with E-state index in [9.17, 15) is 0 Å². The van der Waals surface area contributed by atoms with Gasteiger partial charge in [-0.05, 0) is 40.4 Å². The molecule has 126 valence electrons. The van der Waals surface area contributed by atoms with Gasteiger partial charge in [-0.15, -0.1) is 11.3 Å². The van der Waals surface area contributed by atoms with Crippen LogP contribution in [0.2, 0.25) is 0 Å². The van der Waals surface area contributed by atoms with Gasteiger partial charge < -0.3 is 4.74 Å². The Bertz CT molecular complexity index is 1180. The number of thiophene rings is 2. The monoisotopic (exact) mass is 367 g/mol. The summed E-state index contributed by atoms with van der Waals surface area (Å²) in [6, 6.07) is 4.40. The average molecular weight is 368 g/mol. The third-order valence-electron chi connectivity index (χ3n) is 4.90. The summed E-state index contributed by atoms with van der Waals surface area (Å²) < 4.78 is 9.94. The van der Waals surface area contributed by atoms with E-state index in [0.717, 1.165) is 21.7 Å². The number of hydrogen-bond acceptors (Lipinski definition) is 4. The maximum absolute atomic E-state index is 6.52. The second-order valence-electron chi connectivity index (χ2n) is 7.70. The van der Waals surface area contributed by atoms with Crippen LogP contribution < -0.4 is 9.30 Å². The van der Waals surface area contributed by atoms with E-state index in [0.29, 0.717) is 0 Å². The van der Waals surface area contributed by atoms with Gasteiger partial charge in [0.1, 0.15) is 11.1 Å². The van der Waals surface area contributed by atoms with Crippen molar-refractivity contribution in [2.24, 2.45) is 7.05 Å². The lowest BCUT2D eigenvalue weighted by atomic mass is 9.91. The number of hydrogen-bond donors (Lipinski definition) is 0. The van der Waals surface area contributed by atoms with Crippen LogP contribution >= 0.6 is 22.7 Å². The van der Waals surface area contributed by atoms with Crippen LogP contribution in [0.4, 0.5) is 0 Å². The molecule has 5 rings (SSSR count). The Hall–Kier alpha value is -1.98. The Kier molecular flexibility index (Phi) is 2.94. The van der Waals surface area contributed by atoms with Gasteiger partial charge in [0.25, 0.3) is 6.33 Å². The fraction of sp³-hybridized carbons (Fsp3) is 0.300. The van der Waals surface area contributed by atoms with Crippen molar-refractivity contribution in [3.8, 4) is 22.8 Å². The molecule has 0 saturated heterocycles. The van der Waals surface area contributed by atoms with Gasteiger partial charge in [0.05, 0.1) is 17.5 Å². The molecule has 3 aromatic heterocycles. The molecule has 5 heteroatoms. The van der Waals surface area contributed by atoms with Crippen molar-refractivity contribution < 1.29 is 9.30 Å². The SMILES string of the molecule is Cc1c2c(cc3sccc13)Oc1c(C(C)(C)C)sc3nc[n+](C)c-2c13. The lowest BCUT2D eigenvalue weighted by Crippen LogP contribution is -2.32. The predicted octanol–water partition coefficient (Wildman–Crippen LogP) is 5.71. The molecule has 0 atom stereocenters. The molecule has 0 N–H and O–H groups in total. The molecule has 0 spiro atoms.